The van der Waals surface area contributed by atoms with Gasteiger partial charge >= 0.3 is 0 Å². The van der Waals surface area contributed by atoms with Gasteiger partial charge in [-0.1, -0.05) is 115 Å². The Morgan fingerprint density at radius 1 is 0.261 bits per heavy atom. The Balaban J connectivity index is 1.49. The fraction of sp³-hybridized carbons (Fsp3) is 0. The lowest BCUT2D eigenvalue weighted by Crippen LogP contribution is -1.88. The fourth-order valence-corrected chi connectivity index (χ4v) is 8.22. The molecule has 6 bridgehead atoms. The van der Waals surface area contributed by atoms with Crippen LogP contribution >= 0.6 is 0 Å². The van der Waals surface area contributed by atoms with Crippen molar-refractivity contribution in [3.63, 3.8) is 0 Å². The molecule has 0 spiro atoms. The third-order valence-corrected chi connectivity index (χ3v) is 10.2. The van der Waals surface area contributed by atoms with Crippen LogP contribution in [0.4, 0.5) is 0 Å². The third kappa shape index (κ3) is 3.10. The van der Waals surface area contributed by atoms with Gasteiger partial charge in [0.05, 0.1) is 22.1 Å². The van der Waals surface area contributed by atoms with Crippen LogP contribution in [0.2, 0.25) is 0 Å². The fourth-order valence-electron chi connectivity index (χ4n) is 8.22. The molecule has 11 aromatic rings. The minimum atomic E-state index is 1.16. The van der Waals surface area contributed by atoms with E-state index in [0.29, 0.717) is 0 Å². The lowest BCUT2D eigenvalue weighted by Gasteiger charge is -2.04. The lowest BCUT2D eigenvalue weighted by atomic mass is 10.0. The van der Waals surface area contributed by atoms with Crippen LogP contribution in [0.25, 0.3) is 97.7 Å². The quantitative estimate of drug-likeness (QED) is 0.168. The molecule has 46 heavy (non-hydrogen) atoms. The van der Waals surface area contributed by atoms with E-state index in [0.717, 1.165) is 11.0 Å². The number of aromatic nitrogens is 2. The Morgan fingerprint density at radius 2 is 0.696 bits per heavy atom. The second-order valence-corrected chi connectivity index (χ2v) is 12.6. The van der Waals surface area contributed by atoms with Gasteiger partial charge in [-0.05, 0) is 85.6 Å². The average Bonchev–Trinajstić information content (AvgIpc) is 3.64. The van der Waals surface area contributed by atoms with Crippen LogP contribution in [-0.4, -0.2) is 8.80 Å². The number of nitrogens with zero attached hydrogens (tertiary/aromatic N) is 2. The summed E-state index contributed by atoms with van der Waals surface area (Å²) in [6, 6.07) is 58.7. The molecule has 0 radical (unpaired) electrons. The second-order valence-electron chi connectivity index (χ2n) is 12.6. The standard InChI is InChI=1S/C44H26N2/c1-3-14-35-27(8-1)18-22-39-43(35)37-20-16-29-24-41(37)45(39)31-10-7-11-32(26-31)46-40-23-19-28-9-2-4-15-36(28)44(40)38-21-17-30(25-42(38)46)34-13-6-5-12-33(29)34/h1-26H. The van der Waals surface area contributed by atoms with Crippen molar-refractivity contribution in [1.29, 1.82) is 0 Å². The minimum absolute atomic E-state index is 1.16. The van der Waals surface area contributed by atoms with E-state index < -0.39 is 0 Å². The van der Waals surface area contributed by atoms with Crippen molar-refractivity contribution in [2.24, 2.45) is 0 Å². The first kappa shape index (κ1) is 24.2. The van der Waals surface area contributed by atoms with Gasteiger partial charge in [0.15, 0.2) is 0 Å². The summed E-state index contributed by atoms with van der Waals surface area (Å²) in [5.74, 6) is 0. The number of benzene rings is 8. The highest BCUT2D eigenvalue weighted by atomic mass is 14.9. The van der Waals surface area contributed by atoms with E-state index in [-0.39, 0.29) is 0 Å². The van der Waals surface area contributed by atoms with Gasteiger partial charge in [0.2, 0.25) is 0 Å². The predicted molar refractivity (Wildman–Crippen MR) is 197 cm³/mol. The van der Waals surface area contributed by atoms with Crippen LogP contribution in [0.3, 0.4) is 0 Å². The molecule has 2 heteroatoms. The maximum absolute atomic E-state index is 2.47. The molecule has 11 rings (SSSR count). The molecule has 0 N–H and O–H groups in total. The summed E-state index contributed by atoms with van der Waals surface area (Å²) < 4.78 is 4.94. The molecular formula is C44H26N2. The lowest BCUT2D eigenvalue weighted by molar-refractivity contribution is 1.31. The van der Waals surface area contributed by atoms with Crippen LogP contribution in [0.1, 0.15) is 0 Å². The summed E-state index contributed by atoms with van der Waals surface area (Å²) in [7, 11) is 0. The predicted octanol–water partition coefficient (Wildman–Crippen LogP) is 12.0. The average molecular weight is 583 g/mol. The van der Waals surface area contributed by atoms with E-state index in [1.54, 1.807) is 0 Å². The van der Waals surface area contributed by atoms with Crippen molar-refractivity contribution in [3.05, 3.63) is 158 Å². The molecule has 2 nitrogen and oxygen atoms in total. The molecule has 0 atom stereocenters. The summed E-state index contributed by atoms with van der Waals surface area (Å²) in [5.41, 5.74) is 7.19. The molecule has 0 saturated heterocycles. The van der Waals surface area contributed by atoms with Crippen molar-refractivity contribution in [2.75, 3.05) is 0 Å². The molecular weight excluding hydrogens is 556 g/mol. The van der Waals surface area contributed by atoms with E-state index in [1.807, 2.05) is 0 Å². The van der Waals surface area contributed by atoms with Gasteiger partial charge in [-0.15, -0.1) is 0 Å². The smallest absolute Gasteiger partial charge is 0.0547 e. The molecule has 3 heterocycles. The summed E-state index contributed by atoms with van der Waals surface area (Å²) in [6.07, 6.45) is 0. The first-order valence-corrected chi connectivity index (χ1v) is 15.9. The monoisotopic (exact) mass is 582 g/mol. The van der Waals surface area contributed by atoms with Crippen molar-refractivity contribution < 1.29 is 0 Å². The second kappa shape index (κ2) is 8.74. The highest BCUT2D eigenvalue weighted by molar-refractivity contribution is 6.24. The van der Waals surface area contributed by atoms with E-state index in [1.165, 1.54) is 86.7 Å². The van der Waals surface area contributed by atoms with Crippen LogP contribution in [0.15, 0.2) is 158 Å². The van der Waals surface area contributed by atoms with E-state index in [9.17, 15) is 0 Å². The minimum Gasteiger partial charge on any atom is -0.309 e. The summed E-state index contributed by atoms with van der Waals surface area (Å²) >= 11 is 0. The van der Waals surface area contributed by atoms with Gasteiger partial charge in [-0.2, -0.15) is 0 Å². The Hall–Kier alpha value is -6.12. The maximum Gasteiger partial charge on any atom is 0.0547 e. The van der Waals surface area contributed by atoms with E-state index in [2.05, 4.69) is 167 Å². The van der Waals surface area contributed by atoms with Crippen LogP contribution in [0.5, 0.6) is 0 Å². The molecule has 0 aliphatic heterocycles. The molecule has 0 aliphatic rings. The summed E-state index contributed by atoms with van der Waals surface area (Å²) in [6.45, 7) is 0. The summed E-state index contributed by atoms with van der Waals surface area (Å²) in [4.78, 5) is 0. The molecule has 8 aromatic carbocycles. The first-order chi connectivity index (χ1) is 22.8. The first-order valence-electron chi connectivity index (χ1n) is 15.9. The van der Waals surface area contributed by atoms with Gasteiger partial charge < -0.3 is 8.80 Å². The van der Waals surface area contributed by atoms with Gasteiger partial charge in [0.1, 0.15) is 0 Å². The number of hydrogen-bond donors (Lipinski definition) is 0. The van der Waals surface area contributed by atoms with Crippen LogP contribution < -0.4 is 0 Å². The normalized spacial score (nSPS) is 12.3. The molecule has 0 saturated carbocycles. The summed E-state index contributed by atoms with van der Waals surface area (Å²) in [5, 5.41) is 15.2. The number of hydrogen-bond acceptors (Lipinski definition) is 0. The highest BCUT2D eigenvalue weighted by Gasteiger charge is 2.16. The van der Waals surface area contributed by atoms with Crippen LogP contribution in [0, 0.1) is 0 Å². The molecule has 0 amide bonds. The number of rotatable bonds is 0. The van der Waals surface area contributed by atoms with E-state index >= 15 is 0 Å². The van der Waals surface area contributed by atoms with Gasteiger partial charge in [-0.3, -0.25) is 0 Å². The molecule has 0 fully saturated rings. The van der Waals surface area contributed by atoms with Crippen molar-refractivity contribution >= 4 is 97.7 Å². The maximum atomic E-state index is 2.47. The van der Waals surface area contributed by atoms with Gasteiger partial charge in [0.25, 0.3) is 0 Å². The zero-order valence-corrected chi connectivity index (χ0v) is 24.9. The van der Waals surface area contributed by atoms with Crippen molar-refractivity contribution in [1.82, 2.24) is 8.80 Å². The Labute approximate surface area is 263 Å². The molecule has 212 valence electrons. The third-order valence-electron chi connectivity index (χ3n) is 10.2. The van der Waals surface area contributed by atoms with Crippen molar-refractivity contribution in [2.45, 2.75) is 0 Å². The largest absolute Gasteiger partial charge is 0.309 e. The van der Waals surface area contributed by atoms with Gasteiger partial charge in [0, 0.05) is 32.6 Å². The van der Waals surface area contributed by atoms with E-state index in [4.69, 9.17) is 0 Å². The van der Waals surface area contributed by atoms with Gasteiger partial charge in [-0.25, -0.2) is 0 Å². The highest BCUT2D eigenvalue weighted by Crippen LogP contribution is 2.39. The Kier molecular flexibility index (Phi) is 4.61. The van der Waals surface area contributed by atoms with Crippen molar-refractivity contribution in [3.8, 4) is 0 Å². The number of fused-ring (bicyclic) bond motifs is 19. The Bertz CT molecular complexity index is 2930. The zero-order chi connectivity index (χ0) is 29.9. The topological polar surface area (TPSA) is 8.82 Å². The van der Waals surface area contributed by atoms with Crippen LogP contribution in [-0.2, 0) is 0 Å². The Morgan fingerprint density at radius 3 is 1.20 bits per heavy atom. The molecule has 0 unspecified atom stereocenters. The molecule has 3 aromatic heterocycles. The SMILES string of the molecule is c1ccc2c(c1)ccc1c2c2ccc3cc2n1c1cccc(c1)n1c2cc(ccc2c2c4ccccc4ccc21)c1ccccc31. The zero-order valence-electron chi connectivity index (χ0n) is 24.9. The molecule has 0 aliphatic carbocycles.